The van der Waals surface area contributed by atoms with E-state index < -0.39 is 6.10 Å². The monoisotopic (exact) mass is 223 g/mol. The van der Waals surface area contributed by atoms with E-state index in [-0.39, 0.29) is 5.84 Å². The van der Waals surface area contributed by atoms with Crippen LogP contribution in [0.3, 0.4) is 0 Å². The van der Waals surface area contributed by atoms with Crippen LogP contribution in [-0.4, -0.2) is 28.8 Å². The number of benzene rings is 1. The van der Waals surface area contributed by atoms with Crippen LogP contribution in [0.4, 0.5) is 0 Å². The zero-order valence-electron chi connectivity index (χ0n) is 9.22. The molecule has 1 unspecified atom stereocenters. The van der Waals surface area contributed by atoms with Crippen LogP contribution in [0.2, 0.25) is 0 Å². The van der Waals surface area contributed by atoms with E-state index in [4.69, 9.17) is 16.0 Å². The van der Waals surface area contributed by atoms with E-state index in [1.54, 1.807) is 13.0 Å². The Morgan fingerprint density at radius 3 is 2.81 bits per heavy atom. The normalized spacial score (nSPS) is 13.8. The van der Waals surface area contributed by atoms with Crippen molar-refractivity contribution >= 4 is 5.84 Å². The number of aliphatic hydroxyl groups excluding tert-OH is 1. The molecule has 0 aliphatic carbocycles. The third-order valence-electron chi connectivity index (χ3n) is 2.16. The third-order valence-corrected chi connectivity index (χ3v) is 2.16. The van der Waals surface area contributed by atoms with Gasteiger partial charge in [0.1, 0.15) is 0 Å². The topological polar surface area (TPSA) is 90.9 Å². The van der Waals surface area contributed by atoms with Gasteiger partial charge in [-0.2, -0.15) is 0 Å². The van der Waals surface area contributed by atoms with Gasteiger partial charge in [-0.1, -0.05) is 29.4 Å². The smallest absolute Gasteiger partial charge is 0.170 e. The molecule has 88 valence electrons. The van der Waals surface area contributed by atoms with Crippen LogP contribution in [-0.2, 0) is 6.54 Å². The predicted octanol–water partition coefficient (Wildman–Crippen LogP) is 0.252. The van der Waals surface area contributed by atoms with Crippen molar-refractivity contribution in [3.63, 3.8) is 0 Å². The number of nitrogens with one attached hydrogen (secondary N) is 1. The van der Waals surface area contributed by atoms with Gasteiger partial charge in [0, 0.05) is 18.7 Å². The first-order valence-electron chi connectivity index (χ1n) is 5.09. The van der Waals surface area contributed by atoms with Gasteiger partial charge in [0.25, 0.3) is 0 Å². The van der Waals surface area contributed by atoms with Gasteiger partial charge < -0.3 is 21.4 Å². The van der Waals surface area contributed by atoms with Crippen molar-refractivity contribution in [2.45, 2.75) is 19.6 Å². The van der Waals surface area contributed by atoms with Crippen LogP contribution >= 0.6 is 0 Å². The zero-order chi connectivity index (χ0) is 12.0. The lowest BCUT2D eigenvalue weighted by molar-refractivity contribution is 0.191. The molecule has 5 heteroatoms. The number of nitrogens with zero attached hydrogens (tertiary/aromatic N) is 1. The molecule has 0 aromatic heterocycles. The summed E-state index contributed by atoms with van der Waals surface area (Å²) < 4.78 is 0. The molecule has 16 heavy (non-hydrogen) atoms. The fourth-order valence-corrected chi connectivity index (χ4v) is 1.39. The highest BCUT2D eigenvalue weighted by Gasteiger charge is 2.05. The number of aliphatic hydroxyl groups is 1. The Labute approximate surface area is 94.6 Å². The largest absolute Gasteiger partial charge is 0.409 e. The third kappa shape index (κ3) is 3.52. The van der Waals surface area contributed by atoms with Gasteiger partial charge >= 0.3 is 0 Å². The van der Waals surface area contributed by atoms with E-state index in [0.29, 0.717) is 18.7 Å². The van der Waals surface area contributed by atoms with Crippen LogP contribution in [0.1, 0.15) is 18.1 Å². The van der Waals surface area contributed by atoms with E-state index in [0.717, 1.165) is 5.56 Å². The molecule has 5 nitrogen and oxygen atoms in total. The molecule has 0 bridgehead atoms. The van der Waals surface area contributed by atoms with Crippen molar-refractivity contribution < 1.29 is 10.3 Å². The van der Waals surface area contributed by atoms with E-state index in [2.05, 4.69) is 10.5 Å². The van der Waals surface area contributed by atoms with Gasteiger partial charge in [-0.25, -0.2) is 0 Å². The average Bonchev–Trinajstić information content (AvgIpc) is 2.28. The Morgan fingerprint density at radius 2 is 2.19 bits per heavy atom. The molecule has 1 atom stereocenters. The maximum absolute atomic E-state index is 9.10. The number of hydrogen-bond donors (Lipinski definition) is 4. The molecule has 0 aliphatic heterocycles. The molecule has 0 fully saturated rings. The van der Waals surface area contributed by atoms with Gasteiger partial charge in [0.05, 0.1) is 6.10 Å². The lowest BCUT2D eigenvalue weighted by atomic mass is 10.1. The molecule has 0 amide bonds. The molecule has 1 rings (SSSR count). The second kappa shape index (κ2) is 6.09. The highest BCUT2D eigenvalue weighted by atomic mass is 16.4. The lowest BCUT2D eigenvalue weighted by Crippen LogP contribution is -2.25. The molecule has 1 aromatic rings. The fourth-order valence-electron chi connectivity index (χ4n) is 1.39. The quantitative estimate of drug-likeness (QED) is 0.249. The summed E-state index contributed by atoms with van der Waals surface area (Å²) in [7, 11) is 0. The van der Waals surface area contributed by atoms with Crippen LogP contribution in [0, 0.1) is 0 Å². The van der Waals surface area contributed by atoms with Crippen LogP contribution in [0.5, 0.6) is 0 Å². The number of amidine groups is 1. The molecule has 0 saturated carbocycles. The Morgan fingerprint density at radius 1 is 1.50 bits per heavy atom. The van der Waals surface area contributed by atoms with Crippen LogP contribution in [0.15, 0.2) is 29.4 Å². The summed E-state index contributed by atoms with van der Waals surface area (Å²) in [6.45, 7) is 2.78. The minimum absolute atomic E-state index is 0.0921. The minimum atomic E-state index is -0.393. The van der Waals surface area contributed by atoms with Crippen molar-refractivity contribution in [2.24, 2.45) is 10.9 Å². The van der Waals surface area contributed by atoms with Crippen molar-refractivity contribution in [1.29, 1.82) is 0 Å². The second-order valence-corrected chi connectivity index (χ2v) is 3.62. The summed E-state index contributed by atoms with van der Waals surface area (Å²) in [6, 6.07) is 7.38. The van der Waals surface area contributed by atoms with E-state index in [1.165, 1.54) is 0 Å². The van der Waals surface area contributed by atoms with Gasteiger partial charge in [0.15, 0.2) is 5.84 Å². The van der Waals surface area contributed by atoms with Crippen molar-refractivity contribution in [1.82, 2.24) is 5.32 Å². The SMILES string of the molecule is CC(O)CNCc1ccccc1C(N)=NO. The zero-order valence-corrected chi connectivity index (χ0v) is 9.22. The number of hydrogen-bond acceptors (Lipinski definition) is 4. The van der Waals surface area contributed by atoms with E-state index in [9.17, 15) is 0 Å². The van der Waals surface area contributed by atoms with E-state index >= 15 is 0 Å². The summed E-state index contributed by atoms with van der Waals surface area (Å²) in [6.07, 6.45) is -0.393. The standard InChI is InChI=1S/C11H17N3O2/c1-8(15)6-13-7-9-4-2-3-5-10(9)11(12)14-16/h2-5,8,13,15-16H,6-7H2,1H3,(H2,12,14). The highest BCUT2D eigenvalue weighted by molar-refractivity contribution is 5.98. The van der Waals surface area contributed by atoms with Gasteiger partial charge in [-0.15, -0.1) is 0 Å². The maximum Gasteiger partial charge on any atom is 0.170 e. The first-order chi connectivity index (χ1) is 7.65. The summed E-state index contributed by atoms with van der Waals surface area (Å²) in [4.78, 5) is 0. The summed E-state index contributed by atoms with van der Waals surface area (Å²) >= 11 is 0. The molecular formula is C11H17N3O2. The van der Waals surface area contributed by atoms with Crippen molar-refractivity contribution in [3.8, 4) is 0 Å². The molecule has 0 saturated heterocycles. The van der Waals surface area contributed by atoms with Gasteiger partial charge in [-0.3, -0.25) is 0 Å². The minimum Gasteiger partial charge on any atom is -0.409 e. The van der Waals surface area contributed by atoms with Crippen LogP contribution in [0.25, 0.3) is 0 Å². The first-order valence-corrected chi connectivity index (χ1v) is 5.09. The molecule has 1 aromatic carbocycles. The van der Waals surface area contributed by atoms with Gasteiger partial charge in [-0.05, 0) is 12.5 Å². The highest BCUT2D eigenvalue weighted by Crippen LogP contribution is 2.07. The molecule has 0 spiro atoms. The summed E-state index contributed by atoms with van der Waals surface area (Å²) in [5, 5.41) is 23.8. The van der Waals surface area contributed by atoms with E-state index in [1.807, 2.05) is 18.2 Å². The molecule has 0 radical (unpaired) electrons. The van der Waals surface area contributed by atoms with Crippen LogP contribution < -0.4 is 11.1 Å². The second-order valence-electron chi connectivity index (χ2n) is 3.62. The molecule has 0 heterocycles. The van der Waals surface area contributed by atoms with Crippen molar-refractivity contribution in [2.75, 3.05) is 6.54 Å². The molecular weight excluding hydrogens is 206 g/mol. The first kappa shape index (κ1) is 12.5. The maximum atomic E-state index is 9.10. The number of oxime groups is 1. The number of rotatable bonds is 5. The van der Waals surface area contributed by atoms with Crippen molar-refractivity contribution in [3.05, 3.63) is 35.4 Å². The predicted molar refractivity (Wildman–Crippen MR) is 62.3 cm³/mol. The fraction of sp³-hybridized carbons (Fsp3) is 0.364. The lowest BCUT2D eigenvalue weighted by Gasteiger charge is -2.10. The Balaban J connectivity index is 2.72. The molecule has 5 N–H and O–H groups in total. The van der Waals surface area contributed by atoms with Gasteiger partial charge in [0.2, 0.25) is 0 Å². The summed E-state index contributed by atoms with van der Waals surface area (Å²) in [5.41, 5.74) is 7.18. The Kier molecular flexibility index (Phi) is 4.75. The summed E-state index contributed by atoms with van der Waals surface area (Å²) in [5.74, 6) is 0.0921. The Bertz CT molecular complexity index is 364. The average molecular weight is 223 g/mol. The molecule has 0 aliphatic rings. The number of nitrogens with two attached hydrogens (primary N) is 1. The Hall–Kier alpha value is -1.59.